The number of nitrogens with zero attached hydrogens (tertiary/aromatic N) is 3. The number of carbonyl (C=O) groups is 2. The van der Waals surface area contributed by atoms with Gasteiger partial charge in [-0.25, -0.2) is 4.79 Å². The minimum Gasteiger partial charge on any atom is -0.351 e. The van der Waals surface area contributed by atoms with E-state index in [1.807, 2.05) is 11.5 Å². The Kier molecular flexibility index (Phi) is 3.55. The van der Waals surface area contributed by atoms with Crippen molar-refractivity contribution < 1.29 is 9.59 Å². The number of imide groups is 1. The van der Waals surface area contributed by atoms with E-state index in [4.69, 9.17) is 5.73 Å². The molecule has 1 aliphatic rings. The second-order valence-corrected chi connectivity index (χ2v) is 5.55. The summed E-state index contributed by atoms with van der Waals surface area (Å²) in [5.41, 5.74) is 4.90. The summed E-state index contributed by atoms with van der Waals surface area (Å²) in [5, 5.41) is 10.4. The highest BCUT2D eigenvalue weighted by Crippen LogP contribution is 2.39. The fourth-order valence-electron chi connectivity index (χ4n) is 1.62. The average molecular weight is 269 g/mol. The van der Waals surface area contributed by atoms with Crippen LogP contribution in [0.15, 0.2) is 5.16 Å². The highest BCUT2D eigenvalue weighted by molar-refractivity contribution is 8.00. The predicted octanol–water partition coefficient (Wildman–Crippen LogP) is 0.597. The number of thioether (sulfide) groups is 1. The van der Waals surface area contributed by atoms with Gasteiger partial charge in [-0.05, 0) is 26.7 Å². The van der Waals surface area contributed by atoms with Crippen molar-refractivity contribution in [1.29, 1.82) is 0 Å². The summed E-state index contributed by atoms with van der Waals surface area (Å²) in [6, 6.07) is -0.388. The third-order valence-corrected chi connectivity index (χ3v) is 3.70. The summed E-state index contributed by atoms with van der Waals surface area (Å²) in [6.07, 6.45) is 2.24. The first-order chi connectivity index (χ1) is 8.49. The van der Waals surface area contributed by atoms with Crippen molar-refractivity contribution in [2.75, 3.05) is 0 Å². The number of nitrogens with one attached hydrogen (secondary N) is 1. The Hall–Kier alpha value is -1.57. The fraction of sp³-hybridized carbons (Fsp3) is 0.600. The van der Waals surface area contributed by atoms with Crippen LogP contribution >= 0.6 is 11.8 Å². The third-order valence-electron chi connectivity index (χ3n) is 2.64. The van der Waals surface area contributed by atoms with E-state index in [9.17, 15) is 9.59 Å². The van der Waals surface area contributed by atoms with Crippen molar-refractivity contribution in [2.24, 2.45) is 5.73 Å². The second-order valence-electron chi connectivity index (χ2n) is 4.24. The minimum absolute atomic E-state index is 0.421. The molecule has 1 heterocycles. The van der Waals surface area contributed by atoms with Crippen LogP contribution in [0, 0.1) is 6.92 Å². The molecular formula is C10H15N5O2S. The molecule has 18 heavy (non-hydrogen) atoms. The van der Waals surface area contributed by atoms with Gasteiger partial charge in [0.1, 0.15) is 5.82 Å². The topological polar surface area (TPSA) is 103 Å². The van der Waals surface area contributed by atoms with Crippen LogP contribution < -0.4 is 11.1 Å². The van der Waals surface area contributed by atoms with E-state index in [1.54, 1.807) is 6.92 Å². The maximum Gasteiger partial charge on any atom is 0.318 e. The van der Waals surface area contributed by atoms with E-state index < -0.39 is 17.2 Å². The molecule has 0 aromatic carbocycles. The molecular weight excluding hydrogens is 254 g/mol. The first kappa shape index (κ1) is 12.9. The number of nitrogens with two attached hydrogens (primary N) is 1. The lowest BCUT2D eigenvalue weighted by Gasteiger charge is -2.11. The number of hydrogen-bond acceptors (Lipinski definition) is 5. The van der Waals surface area contributed by atoms with Gasteiger partial charge in [0.15, 0.2) is 5.16 Å². The van der Waals surface area contributed by atoms with Crippen molar-refractivity contribution in [3.8, 4) is 0 Å². The Bertz CT molecular complexity index is 483. The normalized spacial score (nSPS) is 16.3. The number of amides is 3. The summed E-state index contributed by atoms with van der Waals surface area (Å²) in [6.45, 7) is 3.59. The molecule has 0 aliphatic heterocycles. The van der Waals surface area contributed by atoms with Gasteiger partial charge >= 0.3 is 6.03 Å². The molecule has 0 radical (unpaired) electrons. The molecule has 1 atom stereocenters. The molecule has 2 rings (SSSR count). The molecule has 7 nitrogen and oxygen atoms in total. The van der Waals surface area contributed by atoms with Gasteiger partial charge in [0.05, 0.1) is 5.25 Å². The number of urea groups is 1. The van der Waals surface area contributed by atoms with E-state index in [2.05, 4.69) is 15.5 Å². The lowest BCUT2D eigenvalue weighted by Crippen LogP contribution is -2.39. The van der Waals surface area contributed by atoms with Gasteiger partial charge in [0.2, 0.25) is 5.91 Å². The third kappa shape index (κ3) is 2.81. The van der Waals surface area contributed by atoms with Gasteiger partial charge in [-0.1, -0.05) is 11.8 Å². The average Bonchev–Trinajstić information content (AvgIpc) is 3.04. The highest BCUT2D eigenvalue weighted by atomic mass is 32.2. The van der Waals surface area contributed by atoms with Crippen LogP contribution in [0.4, 0.5) is 4.79 Å². The zero-order valence-corrected chi connectivity index (χ0v) is 11.0. The first-order valence-electron chi connectivity index (χ1n) is 5.67. The Morgan fingerprint density at radius 1 is 1.50 bits per heavy atom. The van der Waals surface area contributed by atoms with Crippen molar-refractivity contribution in [1.82, 2.24) is 20.1 Å². The van der Waals surface area contributed by atoms with Crippen LogP contribution in [0.5, 0.6) is 0 Å². The molecule has 0 spiro atoms. The van der Waals surface area contributed by atoms with E-state index in [-0.39, 0.29) is 0 Å². The van der Waals surface area contributed by atoms with Crippen LogP contribution in [-0.2, 0) is 4.79 Å². The molecule has 3 amide bonds. The van der Waals surface area contributed by atoms with Crippen molar-refractivity contribution in [2.45, 2.75) is 43.1 Å². The number of aryl methyl sites for hydroxylation is 1. The first-order valence-corrected chi connectivity index (χ1v) is 6.55. The van der Waals surface area contributed by atoms with Gasteiger partial charge in [0.25, 0.3) is 0 Å². The molecule has 98 valence electrons. The Morgan fingerprint density at radius 2 is 2.17 bits per heavy atom. The van der Waals surface area contributed by atoms with Crippen LogP contribution in [0.1, 0.15) is 31.6 Å². The Labute approximate surface area is 109 Å². The van der Waals surface area contributed by atoms with E-state index in [0.717, 1.165) is 18.7 Å². The largest absolute Gasteiger partial charge is 0.351 e. The minimum atomic E-state index is -0.840. The van der Waals surface area contributed by atoms with Gasteiger partial charge < -0.3 is 10.3 Å². The fourth-order valence-corrected chi connectivity index (χ4v) is 2.58. The summed E-state index contributed by atoms with van der Waals surface area (Å²) >= 11 is 1.28. The molecule has 1 aromatic rings. The SMILES string of the molecule is Cc1nnc(S[C@@H](C)C(=O)NC(N)=O)n1C1CC1. The molecule has 8 heteroatoms. The van der Waals surface area contributed by atoms with E-state index in [0.29, 0.717) is 11.2 Å². The molecule has 1 saturated carbocycles. The van der Waals surface area contributed by atoms with E-state index >= 15 is 0 Å². The zero-order valence-electron chi connectivity index (χ0n) is 10.2. The summed E-state index contributed by atoms with van der Waals surface area (Å²) in [4.78, 5) is 22.2. The number of rotatable bonds is 4. The molecule has 1 fully saturated rings. The van der Waals surface area contributed by atoms with Crippen LogP contribution in [0.25, 0.3) is 0 Å². The lowest BCUT2D eigenvalue weighted by molar-refractivity contribution is -0.119. The van der Waals surface area contributed by atoms with Gasteiger partial charge in [-0.3, -0.25) is 10.1 Å². The van der Waals surface area contributed by atoms with Gasteiger partial charge in [-0.2, -0.15) is 0 Å². The molecule has 3 N–H and O–H groups in total. The Morgan fingerprint density at radius 3 is 2.72 bits per heavy atom. The van der Waals surface area contributed by atoms with Crippen LogP contribution in [0.3, 0.4) is 0 Å². The van der Waals surface area contributed by atoms with Crippen LogP contribution in [-0.4, -0.2) is 32.0 Å². The molecule has 0 bridgehead atoms. The van der Waals surface area contributed by atoms with Crippen molar-refractivity contribution in [3.63, 3.8) is 0 Å². The standard InChI is InChI=1S/C10H15N5O2S/c1-5(8(16)12-9(11)17)18-10-14-13-6(2)15(10)7-3-4-7/h5,7H,3-4H2,1-2H3,(H3,11,12,16,17)/t5-/m0/s1. The smallest absolute Gasteiger partial charge is 0.318 e. The molecule has 0 saturated heterocycles. The zero-order chi connectivity index (χ0) is 13.3. The number of aromatic nitrogens is 3. The molecule has 0 unspecified atom stereocenters. The summed E-state index contributed by atoms with van der Waals surface area (Å²) < 4.78 is 2.04. The number of carbonyl (C=O) groups excluding carboxylic acids is 2. The Balaban J connectivity index is 2.04. The lowest BCUT2D eigenvalue weighted by atomic mass is 10.4. The maximum atomic E-state index is 11.6. The number of primary amides is 1. The predicted molar refractivity (Wildman–Crippen MR) is 66.1 cm³/mol. The van der Waals surface area contributed by atoms with Gasteiger partial charge in [0, 0.05) is 6.04 Å². The number of hydrogen-bond donors (Lipinski definition) is 2. The monoisotopic (exact) mass is 269 g/mol. The molecule has 1 aromatic heterocycles. The highest BCUT2D eigenvalue weighted by Gasteiger charge is 2.29. The van der Waals surface area contributed by atoms with Crippen molar-refractivity contribution >= 4 is 23.7 Å². The molecule has 1 aliphatic carbocycles. The summed E-state index contributed by atoms with van der Waals surface area (Å²) in [7, 11) is 0. The van der Waals surface area contributed by atoms with Crippen LogP contribution in [0.2, 0.25) is 0 Å². The maximum absolute atomic E-state index is 11.6. The quantitative estimate of drug-likeness (QED) is 0.779. The second kappa shape index (κ2) is 4.97. The van der Waals surface area contributed by atoms with E-state index in [1.165, 1.54) is 11.8 Å². The summed E-state index contributed by atoms with van der Waals surface area (Å²) in [5.74, 6) is 0.429. The van der Waals surface area contributed by atoms with Crippen molar-refractivity contribution in [3.05, 3.63) is 5.82 Å². The van der Waals surface area contributed by atoms with Gasteiger partial charge in [-0.15, -0.1) is 10.2 Å².